The fraction of sp³-hybridized carbons (Fsp3) is 0.0877. The Kier molecular flexibility index (Phi) is 7.55. The summed E-state index contributed by atoms with van der Waals surface area (Å²) in [5.74, 6) is 0. The zero-order valence-electron chi connectivity index (χ0n) is 33.8. The Balaban J connectivity index is 0.985. The van der Waals surface area contributed by atoms with Gasteiger partial charge in [-0.1, -0.05) is 147 Å². The largest absolute Gasteiger partial charge is 0.456 e. The van der Waals surface area contributed by atoms with Crippen LogP contribution in [0.15, 0.2) is 197 Å². The molecule has 0 spiro atoms. The van der Waals surface area contributed by atoms with E-state index >= 15 is 0 Å². The fourth-order valence-corrected chi connectivity index (χ4v) is 10.2. The van der Waals surface area contributed by atoms with Crippen molar-refractivity contribution in [3.63, 3.8) is 0 Å². The van der Waals surface area contributed by atoms with Crippen molar-refractivity contribution in [2.75, 3.05) is 4.90 Å². The van der Waals surface area contributed by atoms with E-state index in [-0.39, 0.29) is 5.41 Å². The molecule has 0 radical (unpaired) electrons. The monoisotopic (exact) mass is 771 g/mol. The van der Waals surface area contributed by atoms with Crippen LogP contribution in [0.5, 0.6) is 0 Å². The number of hydrogen-bond donors (Lipinski definition) is 0. The van der Waals surface area contributed by atoms with Crippen molar-refractivity contribution < 1.29 is 8.83 Å². The number of furan rings is 2. The van der Waals surface area contributed by atoms with Crippen LogP contribution < -0.4 is 4.90 Å². The lowest BCUT2D eigenvalue weighted by atomic mass is 9.82. The van der Waals surface area contributed by atoms with Crippen LogP contribution in [0.1, 0.15) is 37.5 Å². The molecule has 0 saturated heterocycles. The number of anilines is 2. The van der Waals surface area contributed by atoms with Gasteiger partial charge in [0.1, 0.15) is 16.7 Å². The van der Waals surface area contributed by atoms with Gasteiger partial charge >= 0.3 is 0 Å². The van der Waals surface area contributed by atoms with E-state index in [9.17, 15) is 0 Å². The first kappa shape index (κ1) is 34.7. The van der Waals surface area contributed by atoms with Gasteiger partial charge in [0.05, 0.1) is 5.69 Å². The minimum Gasteiger partial charge on any atom is -0.456 e. The molecule has 0 N–H and O–H groups in total. The number of rotatable bonds is 6. The van der Waals surface area contributed by atoms with Gasteiger partial charge in [-0.25, -0.2) is 0 Å². The number of para-hydroxylation sites is 3. The maximum atomic E-state index is 6.69. The molecule has 0 saturated carbocycles. The molecule has 0 aliphatic heterocycles. The van der Waals surface area contributed by atoms with Gasteiger partial charge in [-0.3, -0.25) is 0 Å². The topological polar surface area (TPSA) is 29.5 Å². The minimum atomic E-state index is -0.132. The first-order valence-electron chi connectivity index (χ1n) is 20.9. The molecule has 2 aromatic heterocycles. The van der Waals surface area contributed by atoms with E-state index in [4.69, 9.17) is 8.83 Å². The number of benzene rings is 9. The molecule has 0 unspecified atom stereocenters. The highest BCUT2D eigenvalue weighted by Crippen LogP contribution is 2.51. The zero-order valence-corrected chi connectivity index (χ0v) is 33.8. The predicted molar refractivity (Wildman–Crippen MR) is 253 cm³/mol. The SMILES string of the molecule is C/C=C(\C=C/Cc1ccc2c3ccccc3c3c(ccc4oc5ccccc5c43)c2c1)N(c1ccc2c(c1)C(C)(C)c1ccccc1-2)c1cccc2c1oc1ccccc12. The standard InChI is InChI=1S/C57H41NO2/c1-4-36(16-13-15-35-27-29-39-38-17-5-6-20-43(38)54-44(47(39)33-35)31-32-53-55(54)46-21-9-12-26-52(46)59-53)58(50-24-14-22-45-42-19-8-11-25-51(42)60-56(45)50)37-28-30-41-40-18-7-10-23-48(40)57(2,3)49(41)34-37/h4-14,16-34H,15H2,1-3H3/b16-13-,36-4+. The second-order valence-electron chi connectivity index (χ2n) is 16.7. The zero-order chi connectivity index (χ0) is 40.1. The molecule has 3 nitrogen and oxygen atoms in total. The van der Waals surface area contributed by atoms with Crippen LogP contribution in [0.2, 0.25) is 0 Å². The molecule has 3 heteroatoms. The van der Waals surface area contributed by atoms with Crippen LogP contribution >= 0.6 is 0 Å². The highest BCUT2D eigenvalue weighted by atomic mass is 16.3. The molecule has 11 aromatic rings. The van der Waals surface area contributed by atoms with Crippen molar-refractivity contribution in [2.45, 2.75) is 32.6 Å². The fourth-order valence-electron chi connectivity index (χ4n) is 10.2. The quantitative estimate of drug-likeness (QED) is 0.125. The Morgan fingerprint density at radius 1 is 0.517 bits per heavy atom. The highest BCUT2D eigenvalue weighted by molar-refractivity contribution is 6.34. The number of hydrogen-bond acceptors (Lipinski definition) is 3. The second kappa shape index (κ2) is 13.1. The number of nitrogens with zero attached hydrogens (tertiary/aromatic N) is 1. The lowest BCUT2D eigenvalue weighted by Crippen LogP contribution is -2.18. The molecule has 1 aliphatic rings. The molecule has 0 bridgehead atoms. The van der Waals surface area contributed by atoms with E-state index in [0.29, 0.717) is 0 Å². The van der Waals surface area contributed by atoms with E-state index in [1.807, 2.05) is 12.1 Å². The van der Waals surface area contributed by atoms with Gasteiger partial charge in [0.2, 0.25) is 0 Å². The summed E-state index contributed by atoms with van der Waals surface area (Å²) >= 11 is 0. The molecule has 0 fully saturated rings. The summed E-state index contributed by atoms with van der Waals surface area (Å²) < 4.78 is 13.1. The first-order valence-corrected chi connectivity index (χ1v) is 20.9. The van der Waals surface area contributed by atoms with Gasteiger partial charge in [-0.15, -0.1) is 0 Å². The van der Waals surface area contributed by atoms with Crippen LogP contribution in [0, 0.1) is 0 Å². The molecule has 12 rings (SSSR count). The summed E-state index contributed by atoms with van der Waals surface area (Å²) in [6, 6.07) is 59.3. The minimum absolute atomic E-state index is 0.132. The Morgan fingerprint density at radius 3 is 2.03 bits per heavy atom. The lowest BCUT2D eigenvalue weighted by Gasteiger charge is -2.29. The van der Waals surface area contributed by atoms with E-state index in [2.05, 4.69) is 196 Å². The summed E-state index contributed by atoms with van der Waals surface area (Å²) in [6.45, 7) is 6.82. The molecule has 2 heterocycles. The van der Waals surface area contributed by atoms with Crippen LogP contribution in [0.3, 0.4) is 0 Å². The first-order chi connectivity index (χ1) is 29.5. The normalized spacial score (nSPS) is 13.8. The third-order valence-corrected chi connectivity index (χ3v) is 13.0. The Hall–Kier alpha value is -7.36. The van der Waals surface area contributed by atoms with Crippen molar-refractivity contribution >= 4 is 87.6 Å². The number of allylic oxidation sites excluding steroid dienone is 3. The van der Waals surface area contributed by atoms with Crippen LogP contribution in [-0.2, 0) is 11.8 Å². The van der Waals surface area contributed by atoms with Crippen molar-refractivity contribution in [1.29, 1.82) is 0 Å². The summed E-state index contributed by atoms with van der Waals surface area (Å²) in [4.78, 5) is 2.38. The Labute approximate surface area is 348 Å². The van der Waals surface area contributed by atoms with Crippen molar-refractivity contribution in [3.8, 4) is 11.1 Å². The molecule has 1 aliphatic carbocycles. The van der Waals surface area contributed by atoms with Gasteiger partial charge < -0.3 is 13.7 Å². The highest BCUT2D eigenvalue weighted by Gasteiger charge is 2.36. The summed E-state index contributed by atoms with van der Waals surface area (Å²) in [7, 11) is 0. The summed E-state index contributed by atoms with van der Waals surface area (Å²) in [5.41, 5.74) is 13.2. The van der Waals surface area contributed by atoms with Gasteiger partial charge in [-0.05, 0) is 117 Å². The molecule has 286 valence electrons. The molecular weight excluding hydrogens is 731 g/mol. The van der Waals surface area contributed by atoms with Gasteiger partial charge in [0.15, 0.2) is 5.58 Å². The third kappa shape index (κ3) is 5.02. The lowest BCUT2D eigenvalue weighted by molar-refractivity contribution is 0.660. The molecule has 60 heavy (non-hydrogen) atoms. The van der Waals surface area contributed by atoms with E-state index < -0.39 is 0 Å². The second-order valence-corrected chi connectivity index (χ2v) is 16.7. The van der Waals surface area contributed by atoms with Gasteiger partial charge in [-0.2, -0.15) is 0 Å². The molecule has 9 aromatic carbocycles. The number of fused-ring (bicyclic) bond motifs is 16. The van der Waals surface area contributed by atoms with Crippen molar-refractivity contribution in [3.05, 3.63) is 204 Å². The maximum absolute atomic E-state index is 6.69. The average molecular weight is 772 g/mol. The van der Waals surface area contributed by atoms with Crippen molar-refractivity contribution in [1.82, 2.24) is 0 Å². The summed E-state index contributed by atoms with van der Waals surface area (Å²) in [5, 5.41) is 12.1. The Morgan fingerprint density at radius 2 is 1.18 bits per heavy atom. The van der Waals surface area contributed by atoms with Crippen LogP contribution in [-0.4, -0.2) is 0 Å². The van der Waals surface area contributed by atoms with Crippen LogP contribution in [0.25, 0.3) is 87.3 Å². The van der Waals surface area contributed by atoms with Crippen LogP contribution in [0.4, 0.5) is 11.4 Å². The smallest absolute Gasteiger partial charge is 0.159 e. The van der Waals surface area contributed by atoms with E-state index in [1.54, 1.807) is 0 Å². The predicted octanol–water partition coefficient (Wildman–Crippen LogP) is 16.1. The van der Waals surface area contributed by atoms with E-state index in [1.165, 1.54) is 65.5 Å². The molecular formula is C57H41NO2. The van der Waals surface area contributed by atoms with E-state index in [0.717, 1.165) is 62.0 Å². The average Bonchev–Trinajstić information content (AvgIpc) is 3.94. The molecule has 0 atom stereocenters. The third-order valence-electron chi connectivity index (χ3n) is 13.0. The van der Waals surface area contributed by atoms with Crippen molar-refractivity contribution in [2.24, 2.45) is 0 Å². The van der Waals surface area contributed by atoms with Gasteiger partial charge in [0, 0.05) is 43.7 Å². The van der Waals surface area contributed by atoms with Gasteiger partial charge in [0.25, 0.3) is 0 Å². The summed E-state index contributed by atoms with van der Waals surface area (Å²) in [6.07, 6.45) is 7.57. The molecule has 0 amide bonds. The maximum Gasteiger partial charge on any atom is 0.159 e. The Bertz CT molecular complexity index is 3630.